The van der Waals surface area contributed by atoms with Crippen molar-refractivity contribution in [1.82, 2.24) is 9.55 Å². The molecule has 1 heterocycles. The van der Waals surface area contributed by atoms with E-state index in [1.54, 1.807) is 0 Å². The predicted octanol–water partition coefficient (Wildman–Crippen LogP) is -0.465. The van der Waals surface area contributed by atoms with Crippen molar-refractivity contribution in [2.45, 2.75) is 0 Å². The number of hydrogen-bond donors (Lipinski definition) is 2. The quantitative estimate of drug-likeness (QED) is 0.763. The van der Waals surface area contributed by atoms with E-state index in [2.05, 4.69) is 20.9 Å². The largest absolute Gasteiger partial charge is 0.386 e. The van der Waals surface area contributed by atoms with Crippen molar-refractivity contribution in [3.8, 4) is 0 Å². The van der Waals surface area contributed by atoms with Crippen LogP contribution in [0, 0.1) is 0 Å². The standard InChI is InChI=1S/C8H7BrN2O4/c9-2-1-5-3-10-8(15)11(7(5)14)6(13)4-12/h1-3,12H,4H2,(H,10,15). The molecule has 1 aromatic heterocycles. The van der Waals surface area contributed by atoms with Gasteiger partial charge in [0.25, 0.3) is 11.5 Å². The van der Waals surface area contributed by atoms with Crippen LogP contribution >= 0.6 is 15.9 Å². The van der Waals surface area contributed by atoms with Crippen molar-refractivity contribution in [1.29, 1.82) is 0 Å². The van der Waals surface area contributed by atoms with Gasteiger partial charge in [0.1, 0.15) is 6.61 Å². The molecule has 0 aliphatic carbocycles. The van der Waals surface area contributed by atoms with Gasteiger partial charge in [-0.05, 0) is 11.1 Å². The third-order valence-corrected chi connectivity index (χ3v) is 1.90. The minimum Gasteiger partial charge on any atom is -0.386 e. The Morgan fingerprint density at radius 3 is 2.80 bits per heavy atom. The van der Waals surface area contributed by atoms with Gasteiger partial charge in [-0.3, -0.25) is 9.59 Å². The summed E-state index contributed by atoms with van der Waals surface area (Å²) in [5, 5.41) is 8.57. The summed E-state index contributed by atoms with van der Waals surface area (Å²) in [5.74, 6) is -0.967. The number of aromatic nitrogens is 2. The summed E-state index contributed by atoms with van der Waals surface area (Å²) < 4.78 is 0.350. The van der Waals surface area contributed by atoms with Crippen molar-refractivity contribution in [3.63, 3.8) is 0 Å². The number of nitrogens with zero attached hydrogens (tertiary/aromatic N) is 1. The highest BCUT2D eigenvalue weighted by molar-refractivity contribution is 9.11. The van der Waals surface area contributed by atoms with E-state index in [9.17, 15) is 14.4 Å². The van der Waals surface area contributed by atoms with E-state index in [1.165, 1.54) is 17.3 Å². The summed E-state index contributed by atoms with van der Waals surface area (Å²) >= 11 is 2.96. The van der Waals surface area contributed by atoms with Gasteiger partial charge in [-0.1, -0.05) is 15.9 Å². The summed E-state index contributed by atoms with van der Waals surface area (Å²) in [6, 6.07) is 0. The van der Waals surface area contributed by atoms with Crippen molar-refractivity contribution < 1.29 is 9.90 Å². The van der Waals surface area contributed by atoms with E-state index in [4.69, 9.17) is 5.11 Å². The predicted molar refractivity (Wildman–Crippen MR) is 57.0 cm³/mol. The third kappa shape index (κ3) is 2.31. The fourth-order valence-electron chi connectivity index (χ4n) is 0.972. The normalized spacial score (nSPS) is 10.8. The van der Waals surface area contributed by atoms with E-state index < -0.39 is 23.8 Å². The van der Waals surface area contributed by atoms with E-state index in [1.807, 2.05) is 0 Å². The van der Waals surface area contributed by atoms with E-state index >= 15 is 0 Å². The van der Waals surface area contributed by atoms with Crippen LogP contribution in [-0.2, 0) is 0 Å². The second-order valence-corrected chi connectivity index (χ2v) is 3.06. The zero-order chi connectivity index (χ0) is 11.4. The molecule has 0 fully saturated rings. The maximum atomic E-state index is 11.5. The number of rotatable bonds is 2. The van der Waals surface area contributed by atoms with Crippen LogP contribution in [0.5, 0.6) is 0 Å². The van der Waals surface area contributed by atoms with Gasteiger partial charge in [0, 0.05) is 6.20 Å². The number of H-pyrrole nitrogens is 1. The number of nitrogens with one attached hydrogen (secondary N) is 1. The van der Waals surface area contributed by atoms with Crippen LogP contribution < -0.4 is 11.2 Å². The number of hydrogen-bond acceptors (Lipinski definition) is 4. The number of halogens is 1. The van der Waals surface area contributed by atoms with Crippen LogP contribution in [0.3, 0.4) is 0 Å². The lowest BCUT2D eigenvalue weighted by molar-refractivity contribution is 0.0808. The molecule has 0 saturated carbocycles. The van der Waals surface area contributed by atoms with Crippen molar-refractivity contribution >= 4 is 27.9 Å². The summed E-state index contributed by atoms with van der Waals surface area (Å²) in [7, 11) is 0. The monoisotopic (exact) mass is 274 g/mol. The molecule has 80 valence electrons. The fraction of sp³-hybridized carbons (Fsp3) is 0.125. The number of carbonyl (C=O) groups excluding carboxylic acids is 1. The summed E-state index contributed by atoms with van der Waals surface area (Å²) in [4.78, 5) is 37.3. The van der Waals surface area contributed by atoms with Gasteiger partial charge in [0.05, 0.1) is 5.56 Å². The van der Waals surface area contributed by atoms with Crippen LogP contribution in [0.25, 0.3) is 6.08 Å². The SMILES string of the molecule is O=C(CO)n1c(=O)[nH]cc(C=CBr)c1=O. The van der Waals surface area contributed by atoms with Crippen LogP contribution in [0.15, 0.2) is 20.8 Å². The first kappa shape index (κ1) is 11.6. The van der Waals surface area contributed by atoms with Gasteiger partial charge in [-0.25, -0.2) is 4.79 Å². The van der Waals surface area contributed by atoms with Gasteiger partial charge >= 0.3 is 5.69 Å². The van der Waals surface area contributed by atoms with E-state index in [-0.39, 0.29) is 5.56 Å². The Morgan fingerprint density at radius 2 is 2.27 bits per heavy atom. The lowest BCUT2D eigenvalue weighted by Gasteiger charge is -2.00. The highest BCUT2D eigenvalue weighted by atomic mass is 79.9. The van der Waals surface area contributed by atoms with Crippen LogP contribution in [-0.4, -0.2) is 27.2 Å². The molecule has 0 unspecified atom stereocenters. The molecule has 0 atom stereocenters. The van der Waals surface area contributed by atoms with E-state index in [0.29, 0.717) is 4.57 Å². The summed E-state index contributed by atoms with van der Waals surface area (Å²) in [5.41, 5.74) is -1.51. The lowest BCUT2D eigenvalue weighted by Crippen LogP contribution is -2.41. The Hall–Kier alpha value is -1.47. The Bertz CT molecular complexity index is 514. The Labute approximate surface area is 92.0 Å². The number of aliphatic hydroxyl groups excluding tert-OH is 1. The molecule has 6 nitrogen and oxygen atoms in total. The third-order valence-electron chi connectivity index (χ3n) is 1.63. The molecule has 0 aliphatic rings. The average Bonchev–Trinajstić information content (AvgIpc) is 2.22. The molecule has 15 heavy (non-hydrogen) atoms. The lowest BCUT2D eigenvalue weighted by atomic mass is 10.3. The van der Waals surface area contributed by atoms with Gasteiger partial charge in [-0.2, -0.15) is 4.57 Å². The van der Waals surface area contributed by atoms with Crippen molar-refractivity contribution in [2.75, 3.05) is 6.61 Å². The highest BCUT2D eigenvalue weighted by Crippen LogP contribution is 1.93. The molecule has 1 aromatic rings. The summed E-state index contributed by atoms with van der Waals surface area (Å²) in [6.45, 7) is -0.898. The molecule has 0 aliphatic heterocycles. The maximum absolute atomic E-state index is 11.5. The molecule has 0 saturated heterocycles. The van der Waals surface area contributed by atoms with Crippen LogP contribution in [0.2, 0.25) is 0 Å². The minimum atomic E-state index is -0.967. The molecule has 0 aromatic carbocycles. The topological polar surface area (TPSA) is 92.2 Å². The zero-order valence-corrected chi connectivity index (χ0v) is 9.02. The zero-order valence-electron chi connectivity index (χ0n) is 7.44. The summed E-state index contributed by atoms with van der Waals surface area (Å²) in [6.07, 6.45) is 2.56. The first-order valence-electron chi connectivity index (χ1n) is 3.87. The second-order valence-electron chi connectivity index (χ2n) is 2.53. The molecule has 1 rings (SSSR count). The van der Waals surface area contributed by atoms with E-state index in [0.717, 1.165) is 0 Å². The second kappa shape index (κ2) is 4.85. The number of aliphatic hydroxyl groups is 1. The molecule has 0 spiro atoms. The van der Waals surface area contributed by atoms with Crippen LogP contribution in [0.4, 0.5) is 0 Å². The Morgan fingerprint density at radius 1 is 1.60 bits per heavy atom. The first-order valence-corrected chi connectivity index (χ1v) is 4.79. The molecule has 0 amide bonds. The molecule has 0 bridgehead atoms. The molecule has 2 N–H and O–H groups in total. The molecule has 0 radical (unpaired) electrons. The first-order chi connectivity index (χ1) is 7.11. The van der Waals surface area contributed by atoms with Gasteiger partial charge < -0.3 is 10.1 Å². The van der Waals surface area contributed by atoms with Crippen molar-refractivity contribution in [2.24, 2.45) is 0 Å². The molecule has 7 heteroatoms. The fourth-order valence-corrected chi connectivity index (χ4v) is 1.26. The highest BCUT2D eigenvalue weighted by Gasteiger charge is 2.11. The van der Waals surface area contributed by atoms with Gasteiger partial charge in [-0.15, -0.1) is 0 Å². The maximum Gasteiger partial charge on any atom is 0.335 e. The van der Waals surface area contributed by atoms with Gasteiger partial charge in [0.15, 0.2) is 0 Å². The van der Waals surface area contributed by atoms with Crippen molar-refractivity contribution in [3.05, 3.63) is 37.6 Å². The average molecular weight is 275 g/mol. The molecular formula is C8H7BrN2O4. The number of aromatic amines is 1. The Balaban J connectivity index is 3.51. The van der Waals surface area contributed by atoms with Crippen LogP contribution in [0.1, 0.15) is 10.4 Å². The minimum absolute atomic E-state index is 0.133. The Kier molecular flexibility index (Phi) is 3.75. The number of carbonyl (C=O) groups is 1. The smallest absolute Gasteiger partial charge is 0.335 e. The molecular weight excluding hydrogens is 268 g/mol. The van der Waals surface area contributed by atoms with Gasteiger partial charge in [0.2, 0.25) is 0 Å².